The first-order valence-corrected chi connectivity index (χ1v) is 12.1. The van der Waals surface area contributed by atoms with E-state index >= 15 is 0 Å². The number of nitrogens with zero attached hydrogens (tertiary/aromatic N) is 2. The number of anilines is 1. The monoisotopic (exact) mass is 477 g/mol. The van der Waals surface area contributed by atoms with Gasteiger partial charge in [-0.05, 0) is 54.2 Å². The maximum atomic E-state index is 10.6. The summed E-state index contributed by atoms with van der Waals surface area (Å²) in [5.74, 6) is 0.0833. The van der Waals surface area contributed by atoms with Crippen molar-refractivity contribution in [1.82, 2.24) is 10.2 Å². The quantitative estimate of drug-likeness (QED) is 0.301. The van der Waals surface area contributed by atoms with Crippen molar-refractivity contribution in [2.24, 2.45) is 0 Å². The average Bonchev–Trinajstić information content (AvgIpc) is 3.27. The van der Waals surface area contributed by atoms with E-state index in [9.17, 15) is 5.11 Å². The Morgan fingerprint density at radius 1 is 1.29 bits per heavy atom. The molecule has 0 aromatic heterocycles. The first-order valence-electron chi connectivity index (χ1n) is 11.7. The molecule has 1 unspecified atom stereocenters. The predicted octanol–water partition coefficient (Wildman–Crippen LogP) is 6.42. The number of hydrogen-bond donors (Lipinski definition) is 2. The number of halogens is 1. The van der Waals surface area contributed by atoms with E-state index in [4.69, 9.17) is 11.6 Å². The Labute approximate surface area is 209 Å². The highest BCUT2D eigenvalue weighted by Gasteiger charge is 2.28. The van der Waals surface area contributed by atoms with Crippen molar-refractivity contribution in [3.05, 3.63) is 108 Å². The lowest BCUT2D eigenvalue weighted by atomic mass is 9.82. The Morgan fingerprint density at radius 3 is 2.65 bits per heavy atom. The van der Waals surface area contributed by atoms with Crippen molar-refractivity contribution >= 4 is 22.9 Å². The number of benzene rings is 1. The second-order valence-electron chi connectivity index (χ2n) is 8.79. The van der Waals surface area contributed by atoms with Gasteiger partial charge in [0.05, 0.1) is 6.67 Å². The van der Waals surface area contributed by atoms with Gasteiger partial charge in [0.25, 0.3) is 0 Å². The Morgan fingerprint density at radius 2 is 2.06 bits per heavy atom. The van der Waals surface area contributed by atoms with E-state index in [1.807, 2.05) is 37.1 Å². The summed E-state index contributed by atoms with van der Waals surface area (Å²) in [6.07, 6.45) is 13.5. The van der Waals surface area contributed by atoms with E-state index in [2.05, 4.69) is 67.5 Å². The lowest BCUT2D eigenvalue weighted by Crippen LogP contribution is -2.31. The molecule has 0 spiro atoms. The van der Waals surface area contributed by atoms with E-state index in [1.165, 1.54) is 16.8 Å². The Bertz CT molecular complexity index is 1080. The Kier molecular flexibility index (Phi) is 8.65. The molecule has 2 aliphatic rings. The minimum Gasteiger partial charge on any atom is -0.374 e. The van der Waals surface area contributed by atoms with E-state index in [0.29, 0.717) is 6.42 Å². The number of likely N-dealkylation sites (N-methyl/N-ethyl adjacent to an activating group) is 1. The smallest absolute Gasteiger partial charge is 0.126 e. The lowest BCUT2D eigenvalue weighted by molar-refractivity contribution is 0.170. The molecule has 0 fully saturated rings. The highest BCUT2D eigenvalue weighted by molar-refractivity contribution is 6.29. The van der Waals surface area contributed by atoms with Crippen LogP contribution in [-0.2, 0) is 0 Å². The summed E-state index contributed by atoms with van der Waals surface area (Å²) < 4.78 is 0. The molecule has 2 atom stereocenters. The summed E-state index contributed by atoms with van der Waals surface area (Å²) in [5.41, 5.74) is 7.20. The number of hydrogen-bond acceptors (Lipinski definition) is 4. The lowest BCUT2D eigenvalue weighted by Gasteiger charge is -2.31. The van der Waals surface area contributed by atoms with Crippen LogP contribution < -0.4 is 10.2 Å². The Hall–Kier alpha value is -2.95. The van der Waals surface area contributed by atoms with Gasteiger partial charge < -0.3 is 20.2 Å². The fourth-order valence-electron chi connectivity index (χ4n) is 4.41. The summed E-state index contributed by atoms with van der Waals surface area (Å²) in [6.45, 7) is 15.1. The summed E-state index contributed by atoms with van der Waals surface area (Å²) in [6, 6.07) is 6.44. The molecule has 1 heterocycles. The van der Waals surface area contributed by atoms with Gasteiger partial charge in [0.2, 0.25) is 0 Å². The molecule has 180 valence electrons. The van der Waals surface area contributed by atoms with E-state index in [0.717, 1.165) is 46.9 Å². The molecule has 1 aliphatic carbocycles. The van der Waals surface area contributed by atoms with E-state index in [1.54, 1.807) is 6.08 Å². The van der Waals surface area contributed by atoms with Crippen LogP contribution in [0.2, 0.25) is 0 Å². The van der Waals surface area contributed by atoms with Crippen LogP contribution in [0.1, 0.15) is 43.2 Å². The van der Waals surface area contributed by atoms with Gasteiger partial charge in [0.15, 0.2) is 0 Å². The number of aliphatic hydroxyl groups excluding tert-OH is 1. The van der Waals surface area contributed by atoms with Crippen LogP contribution in [0.4, 0.5) is 5.69 Å². The third kappa shape index (κ3) is 5.57. The SMILES string of the molecule is C=C/C=C\C(=C)C(=C)c1cc([C@H](C2=CC=C(Cl)CC2)C2=CNCN2C)ccc1N(C)C(O)CC. The zero-order valence-electron chi connectivity index (χ0n) is 20.5. The summed E-state index contributed by atoms with van der Waals surface area (Å²) in [4.78, 5) is 4.14. The highest BCUT2D eigenvalue weighted by Crippen LogP contribution is 2.42. The summed E-state index contributed by atoms with van der Waals surface area (Å²) in [7, 11) is 4.01. The molecule has 0 saturated carbocycles. The van der Waals surface area contributed by atoms with Crippen LogP contribution in [-0.4, -0.2) is 37.0 Å². The molecule has 0 amide bonds. The van der Waals surface area contributed by atoms with Gasteiger partial charge in [-0.3, -0.25) is 0 Å². The number of allylic oxidation sites excluding steroid dienone is 9. The molecule has 0 radical (unpaired) electrons. The third-order valence-corrected chi connectivity index (χ3v) is 6.82. The van der Waals surface area contributed by atoms with Crippen LogP contribution >= 0.6 is 11.6 Å². The first kappa shape index (κ1) is 25.7. The minimum absolute atomic E-state index is 0.0833. The van der Waals surface area contributed by atoms with Gasteiger partial charge in [-0.1, -0.05) is 74.2 Å². The van der Waals surface area contributed by atoms with Gasteiger partial charge in [-0.15, -0.1) is 0 Å². The number of nitrogens with one attached hydrogen (secondary N) is 1. The van der Waals surface area contributed by atoms with Gasteiger partial charge in [0.1, 0.15) is 6.23 Å². The zero-order valence-corrected chi connectivity index (χ0v) is 21.3. The second kappa shape index (κ2) is 11.5. The summed E-state index contributed by atoms with van der Waals surface area (Å²) >= 11 is 6.28. The number of aliphatic hydroxyl groups is 1. The molecule has 4 nitrogen and oxygen atoms in total. The largest absolute Gasteiger partial charge is 0.374 e. The van der Waals surface area contributed by atoms with E-state index < -0.39 is 6.23 Å². The second-order valence-corrected chi connectivity index (χ2v) is 9.28. The van der Waals surface area contributed by atoms with Gasteiger partial charge in [-0.2, -0.15) is 0 Å². The van der Waals surface area contributed by atoms with Crippen molar-refractivity contribution in [2.75, 3.05) is 25.7 Å². The van der Waals surface area contributed by atoms with Crippen LogP contribution in [0, 0.1) is 0 Å². The molecular formula is C29H36ClN3O. The van der Waals surface area contributed by atoms with Crippen LogP contribution in [0.5, 0.6) is 0 Å². The fourth-order valence-corrected chi connectivity index (χ4v) is 4.57. The molecule has 0 bridgehead atoms. The molecule has 1 aromatic carbocycles. The van der Waals surface area contributed by atoms with Crippen LogP contribution in [0.25, 0.3) is 5.57 Å². The minimum atomic E-state index is -0.591. The summed E-state index contributed by atoms with van der Waals surface area (Å²) in [5, 5.41) is 14.8. The molecular weight excluding hydrogens is 442 g/mol. The molecule has 3 rings (SSSR count). The zero-order chi connectivity index (χ0) is 24.8. The van der Waals surface area contributed by atoms with E-state index in [-0.39, 0.29) is 5.92 Å². The fraction of sp³-hybridized carbons (Fsp3) is 0.310. The number of rotatable bonds is 10. The molecule has 1 aromatic rings. The third-order valence-electron chi connectivity index (χ3n) is 6.51. The molecule has 34 heavy (non-hydrogen) atoms. The van der Waals surface area contributed by atoms with Crippen molar-refractivity contribution in [1.29, 1.82) is 0 Å². The predicted molar refractivity (Wildman–Crippen MR) is 146 cm³/mol. The Balaban J connectivity index is 2.15. The molecule has 2 N–H and O–H groups in total. The van der Waals surface area contributed by atoms with Gasteiger partial charge in [0, 0.05) is 48.2 Å². The normalized spacial score (nSPS) is 17.4. The average molecular weight is 478 g/mol. The van der Waals surface area contributed by atoms with Crippen molar-refractivity contribution in [3.8, 4) is 0 Å². The molecule has 0 saturated heterocycles. The molecule has 1 aliphatic heterocycles. The van der Waals surface area contributed by atoms with Crippen molar-refractivity contribution in [2.45, 2.75) is 38.3 Å². The van der Waals surface area contributed by atoms with Crippen LogP contribution in [0.15, 0.2) is 96.4 Å². The van der Waals surface area contributed by atoms with Gasteiger partial charge in [-0.25, -0.2) is 0 Å². The highest BCUT2D eigenvalue weighted by atomic mass is 35.5. The first-order chi connectivity index (χ1) is 16.3. The standard InChI is InChI=1S/C29H36ClN3O/c1-7-9-10-20(3)21(4)25-17-23(13-16-26(25)33(6)28(34)8-2)29(27-18-31-19-32(27)5)22-11-14-24(30)15-12-22/h7,9-11,13-14,16-18,28-29,31,34H,1,3-4,8,12,15,19H2,2,5-6H3/b10-9-/t28?,29-/m0/s1. The van der Waals surface area contributed by atoms with Crippen LogP contribution in [0.3, 0.4) is 0 Å². The van der Waals surface area contributed by atoms with Gasteiger partial charge >= 0.3 is 0 Å². The topological polar surface area (TPSA) is 38.7 Å². The van der Waals surface area contributed by atoms with Crippen molar-refractivity contribution in [3.63, 3.8) is 0 Å². The van der Waals surface area contributed by atoms with Crippen molar-refractivity contribution < 1.29 is 5.11 Å². The maximum absolute atomic E-state index is 10.6. The molecule has 5 heteroatoms. The maximum Gasteiger partial charge on any atom is 0.126 e.